The van der Waals surface area contributed by atoms with E-state index in [1.165, 1.54) is 23.1 Å². The van der Waals surface area contributed by atoms with Gasteiger partial charge in [-0.05, 0) is 0 Å². The van der Waals surface area contributed by atoms with Crippen LogP contribution in [0.3, 0.4) is 0 Å². The van der Waals surface area contributed by atoms with Gasteiger partial charge in [0, 0.05) is 0 Å². The van der Waals surface area contributed by atoms with Crippen LogP contribution in [-0.2, 0) is 4.79 Å². The summed E-state index contributed by atoms with van der Waals surface area (Å²) in [7, 11) is 0. The molecular weight excluding hydrogens is 196 g/mol. The number of nitrogens with zero attached hydrogens (tertiary/aromatic N) is 3. The van der Waals surface area contributed by atoms with Gasteiger partial charge in [-0.15, -0.1) is 10.2 Å². The first kappa shape index (κ1) is 7.69. The van der Waals surface area contributed by atoms with Gasteiger partial charge in [-0.25, -0.2) is 0 Å². The quantitative estimate of drug-likeness (QED) is 0.712. The van der Waals surface area contributed by atoms with E-state index in [1.54, 1.807) is 5.51 Å². The molecule has 12 heavy (non-hydrogen) atoms. The summed E-state index contributed by atoms with van der Waals surface area (Å²) in [5.74, 6) is 0.431. The van der Waals surface area contributed by atoms with E-state index in [0.717, 1.165) is 0 Å². The summed E-state index contributed by atoms with van der Waals surface area (Å²) in [5, 5.41) is 11.1. The Labute approximate surface area is 76.3 Å². The van der Waals surface area contributed by atoms with Crippen LogP contribution in [0.15, 0.2) is 10.5 Å². The number of amidine groups is 1. The average Bonchev–Trinajstić information content (AvgIpc) is 2.63. The van der Waals surface area contributed by atoms with Crippen molar-refractivity contribution in [2.75, 3.05) is 5.75 Å². The normalized spacial score (nSPS) is 20.0. The fourth-order valence-electron chi connectivity index (χ4n) is 0.688. The van der Waals surface area contributed by atoms with E-state index in [1.807, 2.05) is 0 Å². The molecule has 1 aromatic rings. The van der Waals surface area contributed by atoms with Crippen LogP contribution in [0.5, 0.6) is 0 Å². The summed E-state index contributed by atoms with van der Waals surface area (Å²) < 4.78 is 0. The van der Waals surface area contributed by atoms with Gasteiger partial charge in [-0.3, -0.25) is 4.79 Å². The summed E-state index contributed by atoms with van der Waals surface area (Å²) in [6, 6.07) is 0. The molecule has 0 aromatic carbocycles. The molecule has 0 spiro atoms. The van der Waals surface area contributed by atoms with Crippen molar-refractivity contribution in [2.24, 2.45) is 4.99 Å². The fraction of sp³-hybridized carbons (Fsp3) is 0.200. The third kappa shape index (κ3) is 1.62. The van der Waals surface area contributed by atoms with E-state index in [0.29, 0.717) is 16.1 Å². The minimum atomic E-state index is -0.0109. The van der Waals surface area contributed by atoms with Crippen LogP contribution in [0, 0.1) is 0 Å². The molecule has 0 aliphatic carbocycles. The Kier molecular flexibility index (Phi) is 2.05. The first-order valence-electron chi connectivity index (χ1n) is 3.12. The largest absolute Gasteiger partial charge is 0.304 e. The first-order valence-corrected chi connectivity index (χ1v) is 4.98. The standard InChI is InChI=1S/C5H4N4OS2/c10-3-1-11-4(7-3)8-5-9-6-2-12-5/h2H,1H2,(H,7,8,9,10). The lowest BCUT2D eigenvalue weighted by molar-refractivity contribution is -0.116. The highest BCUT2D eigenvalue weighted by Crippen LogP contribution is 2.17. The molecule has 1 N–H and O–H groups in total. The van der Waals surface area contributed by atoms with E-state index >= 15 is 0 Å². The van der Waals surface area contributed by atoms with Gasteiger partial charge in [0.1, 0.15) is 5.51 Å². The van der Waals surface area contributed by atoms with Gasteiger partial charge in [0.05, 0.1) is 5.75 Å². The van der Waals surface area contributed by atoms with Crippen molar-refractivity contribution in [3.63, 3.8) is 0 Å². The average molecular weight is 200 g/mol. The zero-order chi connectivity index (χ0) is 8.39. The number of nitrogens with one attached hydrogen (secondary N) is 1. The Hall–Kier alpha value is -0.950. The Balaban J connectivity index is 2.15. The van der Waals surface area contributed by atoms with E-state index in [9.17, 15) is 4.79 Å². The van der Waals surface area contributed by atoms with Crippen molar-refractivity contribution in [3.05, 3.63) is 5.51 Å². The fourth-order valence-corrected chi connectivity index (χ4v) is 1.85. The minimum Gasteiger partial charge on any atom is -0.304 e. The van der Waals surface area contributed by atoms with Gasteiger partial charge >= 0.3 is 0 Å². The lowest BCUT2D eigenvalue weighted by atomic mass is 10.7. The molecule has 62 valence electrons. The molecule has 1 aromatic heterocycles. The number of aliphatic imine (C=N–C) groups is 1. The lowest BCUT2D eigenvalue weighted by Crippen LogP contribution is -2.19. The summed E-state index contributed by atoms with van der Waals surface area (Å²) >= 11 is 2.71. The molecule has 1 amide bonds. The Bertz CT molecular complexity index is 320. The summed E-state index contributed by atoms with van der Waals surface area (Å²) in [6.07, 6.45) is 0. The zero-order valence-corrected chi connectivity index (χ0v) is 7.48. The number of amides is 1. The van der Waals surface area contributed by atoms with Crippen LogP contribution in [-0.4, -0.2) is 27.0 Å². The van der Waals surface area contributed by atoms with Gasteiger partial charge in [0.15, 0.2) is 5.17 Å². The summed E-state index contributed by atoms with van der Waals surface area (Å²) in [6.45, 7) is 0. The topological polar surface area (TPSA) is 67.2 Å². The molecule has 2 rings (SSSR count). The molecular formula is C5H4N4OS2. The second kappa shape index (κ2) is 3.20. The molecule has 0 radical (unpaired) electrons. The molecule has 1 aliphatic heterocycles. The van der Waals surface area contributed by atoms with Crippen LogP contribution < -0.4 is 5.32 Å². The third-order valence-electron chi connectivity index (χ3n) is 1.13. The molecule has 0 unspecified atom stereocenters. The molecule has 0 bridgehead atoms. The number of aromatic nitrogens is 2. The molecule has 5 nitrogen and oxygen atoms in total. The number of thioether (sulfide) groups is 1. The predicted octanol–water partition coefficient (Wildman–Crippen LogP) is 0.389. The van der Waals surface area contributed by atoms with E-state index in [-0.39, 0.29) is 5.91 Å². The first-order chi connectivity index (χ1) is 5.84. The summed E-state index contributed by atoms with van der Waals surface area (Å²) in [4.78, 5) is 14.8. The van der Waals surface area contributed by atoms with Crippen LogP contribution in [0.2, 0.25) is 0 Å². The maximum atomic E-state index is 10.7. The Morgan fingerprint density at radius 3 is 3.17 bits per heavy atom. The van der Waals surface area contributed by atoms with Crippen LogP contribution in [0.4, 0.5) is 5.13 Å². The molecule has 0 saturated carbocycles. The van der Waals surface area contributed by atoms with Gasteiger partial charge in [-0.1, -0.05) is 23.1 Å². The van der Waals surface area contributed by atoms with Crippen molar-refractivity contribution in [1.82, 2.24) is 15.5 Å². The summed E-state index contributed by atoms with van der Waals surface area (Å²) in [5.41, 5.74) is 1.60. The van der Waals surface area contributed by atoms with Crippen LogP contribution in [0.25, 0.3) is 0 Å². The number of hydrogen-bond acceptors (Lipinski definition) is 6. The number of hydrogen-bond donors (Lipinski definition) is 1. The molecule has 1 fully saturated rings. The maximum Gasteiger partial charge on any atom is 0.236 e. The van der Waals surface area contributed by atoms with Gasteiger partial charge in [0.25, 0.3) is 0 Å². The van der Waals surface area contributed by atoms with Crippen molar-refractivity contribution in [2.45, 2.75) is 0 Å². The highest BCUT2D eigenvalue weighted by atomic mass is 32.2. The second-order valence-electron chi connectivity index (χ2n) is 1.98. The van der Waals surface area contributed by atoms with Gasteiger partial charge in [0.2, 0.25) is 11.0 Å². The zero-order valence-electron chi connectivity index (χ0n) is 5.85. The molecule has 7 heteroatoms. The van der Waals surface area contributed by atoms with Crippen molar-refractivity contribution < 1.29 is 4.79 Å². The van der Waals surface area contributed by atoms with E-state index < -0.39 is 0 Å². The smallest absolute Gasteiger partial charge is 0.236 e. The monoisotopic (exact) mass is 200 g/mol. The van der Waals surface area contributed by atoms with Crippen LogP contribution >= 0.6 is 23.1 Å². The molecule has 2 heterocycles. The molecule has 1 saturated heterocycles. The van der Waals surface area contributed by atoms with Gasteiger partial charge in [-0.2, -0.15) is 4.99 Å². The number of carbonyl (C=O) groups excluding carboxylic acids is 1. The Morgan fingerprint density at radius 2 is 2.58 bits per heavy atom. The Morgan fingerprint density at radius 1 is 1.67 bits per heavy atom. The second-order valence-corrected chi connectivity index (χ2v) is 3.75. The molecule has 1 aliphatic rings. The van der Waals surface area contributed by atoms with E-state index in [2.05, 4.69) is 20.5 Å². The van der Waals surface area contributed by atoms with Crippen molar-refractivity contribution in [3.8, 4) is 0 Å². The van der Waals surface area contributed by atoms with E-state index in [4.69, 9.17) is 0 Å². The minimum absolute atomic E-state index is 0.0109. The van der Waals surface area contributed by atoms with Crippen LogP contribution in [0.1, 0.15) is 0 Å². The van der Waals surface area contributed by atoms with Gasteiger partial charge < -0.3 is 5.32 Å². The highest BCUT2D eigenvalue weighted by Gasteiger charge is 2.16. The van der Waals surface area contributed by atoms with Crippen molar-refractivity contribution in [1.29, 1.82) is 0 Å². The number of carbonyl (C=O) groups is 1. The SMILES string of the molecule is O=C1CSC(=Nc2nncs2)N1. The lowest BCUT2D eigenvalue weighted by Gasteiger charge is -1.89. The van der Waals surface area contributed by atoms with Crippen molar-refractivity contribution >= 4 is 39.3 Å². The number of rotatable bonds is 1. The molecule has 0 atom stereocenters. The maximum absolute atomic E-state index is 10.7. The highest BCUT2D eigenvalue weighted by molar-refractivity contribution is 8.15. The third-order valence-corrected chi connectivity index (χ3v) is 2.59. The predicted molar refractivity (Wildman–Crippen MR) is 47.6 cm³/mol.